The molecule has 0 aromatic heterocycles. The van der Waals surface area contributed by atoms with Gasteiger partial charge in [-0.25, -0.2) is 0 Å². The Labute approximate surface area is 117 Å². The Morgan fingerprint density at radius 1 is 1.11 bits per heavy atom. The van der Waals surface area contributed by atoms with Crippen molar-refractivity contribution in [1.29, 1.82) is 0 Å². The molecule has 2 nitrogen and oxygen atoms in total. The van der Waals surface area contributed by atoms with Crippen LogP contribution in [0.4, 0.5) is 0 Å². The van der Waals surface area contributed by atoms with E-state index in [4.69, 9.17) is 4.74 Å². The van der Waals surface area contributed by atoms with E-state index in [2.05, 4.69) is 43.4 Å². The maximum absolute atomic E-state index is 6.24. The van der Waals surface area contributed by atoms with Gasteiger partial charge < -0.3 is 10.1 Å². The molecular formula is C17H27NO. The Morgan fingerprint density at radius 3 is 2.53 bits per heavy atom. The molecule has 0 saturated heterocycles. The van der Waals surface area contributed by atoms with Crippen LogP contribution in [0.3, 0.4) is 0 Å². The van der Waals surface area contributed by atoms with E-state index < -0.39 is 0 Å². The lowest BCUT2D eigenvalue weighted by molar-refractivity contribution is 0.128. The van der Waals surface area contributed by atoms with Gasteiger partial charge in [-0.05, 0) is 44.2 Å². The summed E-state index contributed by atoms with van der Waals surface area (Å²) in [6.45, 7) is 6.33. The second kappa shape index (κ2) is 7.54. The lowest BCUT2D eigenvalue weighted by Crippen LogP contribution is -2.24. The molecule has 0 spiro atoms. The van der Waals surface area contributed by atoms with E-state index in [1.165, 1.54) is 37.7 Å². The van der Waals surface area contributed by atoms with Crippen LogP contribution in [0.2, 0.25) is 0 Å². The standard InChI is InChI=1S/C17H27NO/c1-3-14-9-11-16(12-10-14)19-17-8-6-5-7-15(17)13-18-4-2/h5-8,14,16,18H,3-4,9-13H2,1-2H3. The van der Waals surface area contributed by atoms with E-state index >= 15 is 0 Å². The third-order valence-corrected chi connectivity index (χ3v) is 4.20. The third kappa shape index (κ3) is 4.24. The summed E-state index contributed by atoms with van der Waals surface area (Å²) in [6.07, 6.45) is 6.84. The van der Waals surface area contributed by atoms with Crippen LogP contribution >= 0.6 is 0 Å². The van der Waals surface area contributed by atoms with Gasteiger partial charge in [0.05, 0.1) is 6.10 Å². The summed E-state index contributed by atoms with van der Waals surface area (Å²) in [6, 6.07) is 8.43. The fourth-order valence-electron chi connectivity index (χ4n) is 2.86. The molecule has 0 amide bonds. The molecule has 19 heavy (non-hydrogen) atoms. The number of para-hydroxylation sites is 1. The highest BCUT2D eigenvalue weighted by Crippen LogP contribution is 2.30. The highest BCUT2D eigenvalue weighted by molar-refractivity contribution is 5.33. The van der Waals surface area contributed by atoms with Crippen molar-refractivity contribution in [2.45, 2.75) is 58.6 Å². The van der Waals surface area contributed by atoms with Crippen LogP contribution in [0.25, 0.3) is 0 Å². The van der Waals surface area contributed by atoms with E-state index in [0.29, 0.717) is 6.10 Å². The average Bonchev–Trinajstić information content (AvgIpc) is 2.47. The van der Waals surface area contributed by atoms with Crippen molar-refractivity contribution < 1.29 is 4.74 Å². The van der Waals surface area contributed by atoms with Crippen molar-refractivity contribution in [2.75, 3.05) is 6.54 Å². The lowest BCUT2D eigenvalue weighted by Gasteiger charge is -2.29. The van der Waals surface area contributed by atoms with E-state index in [9.17, 15) is 0 Å². The average molecular weight is 261 g/mol. The molecule has 1 fully saturated rings. The molecule has 0 unspecified atom stereocenters. The smallest absolute Gasteiger partial charge is 0.124 e. The Kier molecular flexibility index (Phi) is 5.71. The Balaban J connectivity index is 1.91. The summed E-state index contributed by atoms with van der Waals surface area (Å²) >= 11 is 0. The number of hydrogen-bond acceptors (Lipinski definition) is 2. The molecule has 1 aliphatic rings. The highest BCUT2D eigenvalue weighted by Gasteiger charge is 2.21. The topological polar surface area (TPSA) is 21.3 Å². The van der Waals surface area contributed by atoms with Crippen molar-refractivity contribution in [1.82, 2.24) is 5.32 Å². The zero-order valence-electron chi connectivity index (χ0n) is 12.3. The summed E-state index contributed by atoms with van der Waals surface area (Å²) in [5.41, 5.74) is 1.28. The van der Waals surface area contributed by atoms with Gasteiger partial charge in [-0.2, -0.15) is 0 Å². The van der Waals surface area contributed by atoms with Gasteiger partial charge in [0.15, 0.2) is 0 Å². The maximum Gasteiger partial charge on any atom is 0.124 e. The molecule has 1 saturated carbocycles. The highest BCUT2D eigenvalue weighted by atomic mass is 16.5. The Morgan fingerprint density at radius 2 is 1.84 bits per heavy atom. The maximum atomic E-state index is 6.24. The van der Waals surface area contributed by atoms with Crippen LogP contribution in [0, 0.1) is 5.92 Å². The number of hydrogen-bond donors (Lipinski definition) is 1. The van der Waals surface area contributed by atoms with Crippen LogP contribution in [0.1, 0.15) is 51.5 Å². The van der Waals surface area contributed by atoms with Crippen molar-refractivity contribution >= 4 is 0 Å². The van der Waals surface area contributed by atoms with Gasteiger partial charge in [0, 0.05) is 12.1 Å². The molecule has 0 radical (unpaired) electrons. The Bertz CT molecular complexity index is 369. The molecule has 106 valence electrons. The summed E-state index contributed by atoms with van der Waals surface area (Å²) < 4.78 is 6.24. The molecule has 0 atom stereocenters. The second-order valence-corrected chi connectivity index (χ2v) is 5.56. The normalized spacial score (nSPS) is 23.3. The van der Waals surface area contributed by atoms with Crippen molar-refractivity contribution in [3.05, 3.63) is 29.8 Å². The quantitative estimate of drug-likeness (QED) is 0.831. The first-order chi connectivity index (χ1) is 9.33. The van der Waals surface area contributed by atoms with Crippen molar-refractivity contribution in [3.63, 3.8) is 0 Å². The van der Waals surface area contributed by atoms with Gasteiger partial charge in [-0.3, -0.25) is 0 Å². The van der Waals surface area contributed by atoms with Crippen LogP contribution in [0.5, 0.6) is 5.75 Å². The predicted molar refractivity (Wildman–Crippen MR) is 80.5 cm³/mol. The summed E-state index contributed by atoms with van der Waals surface area (Å²) in [7, 11) is 0. The molecule has 1 aliphatic carbocycles. The molecular weight excluding hydrogens is 234 g/mol. The minimum absolute atomic E-state index is 0.422. The fraction of sp³-hybridized carbons (Fsp3) is 0.647. The fourth-order valence-corrected chi connectivity index (χ4v) is 2.86. The van der Waals surface area contributed by atoms with Gasteiger partial charge in [-0.1, -0.05) is 38.5 Å². The summed E-state index contributed by atoms with van der Waals surface area (Å²) in [5, 5.41) is 3.38. The minimum atomic E-state index is 0.422. The van der Waals surface area contributed by atoms with Gasteiger partial charge >= 0.3 is 0 Å². The molecule has 0 aliphatic heterocycles. The first kappa shape index (κ1) is 14.4. The zero-order valence-corrected chi connectivity index (χ0v) is 12.3. The number of nitrogens with one attached hydrogen (secondary N) is 1. The number of benzene rings is 1. The summed E-state index contributed by atoms with van der Waals surface area (Å²) in [4.78, 5) is 0. The van der Waals surface area contributed by atoms with Gasteiger partial charge in [-0.15, -0.1) is 0 Å². The predicted octanol–water partition coefficient (Wildman–Crippen LogP) is 4.14. The van der Waals surface area contributed by atoms with E-state index in [-0.39, 0.29) is 0 Å². The zero-order chi connectivity index (χ0) is 13.5. The van der Waals surface area contributed by atoms with Crippen LogP contribution in [0.15, 0.2) is 24.3 Å². The monoisotopic (exact) mass is 261 g/mol. The SMILES string of the molecule is CCNCc1ccccc1OC1CCC(CC)CC1. The molecule has 1 aromatic rings. The molecule has 0 bridgehead atoms. The molecule has 2 rings (SSSR count). The van der Waals surface area contributed by atoms with Crippen LogP contribution < -0.4 is 10.1 Å². The van der Waals surface area contributed by atoms with E-state index in [0.717, 1.165) is 24.8 Å². The molecule has 0 heterocycles. The third-order valence-electron chi connectivity index (χ3n) is 4.20. The lowest BCUT2D eigenvalue weighted by atomic mass is 9.86. The van der Waals surface area contributed by atoms with Crippen molar-refractivity contribution in [2.24, 2.45) is 5.92 Å². The minimum Gasteiger partial charge on any atom is -0.490 e. The van der Waals surface area contributed by atoms with Crippen LogP contribution in [-0.2, 0) is 6.54 Å². The molecule has 1 aromatic carbocycles. The van der Waals surface area contributed by atoms with Crippen LogP contribution in [-0.4, -0.2) is 12.6 Å². The largest absolute Gasteiger partial charge is 0.490 e. The summed E-state index contributed by atoms with van der Waals surface area (Å²) in [5.74, 6) is 2.00. The van der Waals surface area contributed by atoms with Gasteiger partial charge in [0.25, 0.3) is 0 Å². The van der Waals surface area contributed by atoms with E-state index in [1.54, 1.807) is 0 Å². The molecule has 2 heteroatoms. The first-order valence-corrected chi connectivity index (χ1v) is 7.78. The first-order valence-electron chi connectivity index (χ1n) is 7.78. The number of rotatable bonds is 6. The Hall–Kier alpha value is -1.02. The van der Waals surface area contributed by atoms with Crippen molar-refractivity contribution in [3.8, 4) is 5.75 Å². The number of ether oxygens (including phenoxy) is 1. The van der Waals surface area contributed by atoms with E-state index in [1.807, 2.05) is 0 Å². The van der Waals surface area contributed by atoms with Gasteiger partial charge in [0.1, 0.15) is 5.75 Å². The molecule has 1 N–H and O–H groups in total. The second-order valence-electron chi connectivity index (χ2n) is 5.56. The van der Waals surface area contributed by atoms with Gasteiger partial charge in [0.2, 0.25) is 0 Å².